The maximum Gasteiger partial charge on any atom is 0.243 e. The average Bonchev–Trinajstić information content (AvgIpc) is 2.77. The van der Waals surface area contributed by atoms with E-state index in [0.717, 1.165) is 12.8 Å². The lowest BCUT2D eigenvalue weighted by Crippen LogP contribution is -2.38. The third-order valence-corrected chi connectivity index (χ3v) is 7.86. The van der Waals surface area contributed by atoms with Crippen molar-refractivity contribution in [3.8, 4) is 0 Å². The van der Waals surface area contributed by atoms with Crippen LogP contribution in [0.1, 0.15) is 41.7 Å². The first-order valence-electron chi connectivity index (χ1n) is 10.8. The zero-order valence-corrected chi connectivity index (χ0v) is 19.4. The molecule has 1 aliphatic heterocycles. The number of carbonyl (C=O) groups is 1. The van der Waals surface area contributed by atoms with Crippen molar-refractivity contribution >= 4 is 15.8 Å². The molecule has 1 saturated heterocycles. The summed E-state index contributed by atoms with van der Waals surface area (Å²) in [7, 11) is 0.453. The number of likely N-dealkylation sites (N-methyl/N-ethyl adjacent to an activating group) is 1. The molecule has 1 fully saturated rings. The molecule has 1 heterocycles. The van der Waals surface area contributed by atoms with Crippen LogP contribution in [0.15, 0.2) is 59.5 Å². The number of carbonyl (C=O) groups excluding carboxylic acids is 1. The monoisotopic (exact) mass is 443 g/mol. The first-order chi connectivity index (χ1) is 14.8. The fraction of sp³-hybridized carbons (Fsp3) is 0.458. The van der Waals surface area contributed by atoms with E-state index in [-0.39, 0.29) is 23.3 Å². The van der Waals surface area contributed by atoms with Gasteiger partial charge in [0.1, 0.15) is 0 Å². The van der Waals surface area contributed by atoms with Gasteiger partial charge in [0.15, 0.2) is 5.78 Å². The highest BCUT2D eigenvalue weighted by molar-refractivity contribution is 7.89. The van der Waals surface area contributed by atoms with Crippen LogP contribution in [0.3, 0.4) is 0 Å². The number of piperidine rings is 1. The fourth-order valence-electron chi connectivity index (χ4n) is 3.90. The molecule has 168 valence electrons. The zero-order chi connectivity index (χ0) is 22.4. The number of sulfonamides is 1. The maximum absolute atomic E-state index is 13.0. The highest BCUT2D eigenvalue weighted by Gasteiger charge is 2.28. The van der Waals surface area contributed by atoms with Crippen molar-refractivity contribution in [2.75, 3.05) is 40.3 Å². The van der Waals surface area contributed by atoms with Gasteiger partial charge in [0.05, 0.1) is 11.4 Å². The summed E-state index contributed by atoms with van der Waals surface area (Å²) in [6, 6.07) is 16.7. The number of nitrogens with one attached hydrogen (secondary N) is 1. The van der Waals surface area contributed by atoms with Crippen LogP contribution in [0.4, 0.5) is 0 Å². The second-order valence-electron chi connectivity index (χ2n) is 8.56. The lowest BCUT2D eigenvalue weighted by molar-refractivity contribution is 0.0988. The van der Waals surface area contributed by atoms with Gasteiger partial charge in [-0.05, 0) is 50.6 Å². The summed E-state index contributed by atoms with van der Waals surface area (Å²) < 4.78 is 27.5. The Morgan fingerprint density at radius 2 is 1.77 bits per heavy atom. The lowest BCUT2D eigenvalue weighted by Gasteiger charge is -2.29. The van der Waals surface area contributed by atoms with Crippen molar-refractivity contribution in [3.63, 3.8) is 0 Å². The first kappa shape index (κ1) is 23.6. The van der Waals surface area contributed by atoms with E-state index in [2.05, 4.69) is 29.3 Å². The number of benzene rings is 2. The standard InChI is InChI=1S/C24H33N3O3S/c1-19-12-14-27(15-13-19)31(29,30)22-11-7-10-21(16-22)24(28)18-25-17-23(26(2)3)20-8-5-4-6-9-20/h4-11,16,19,23,25H,12-15,17-18H2,1-3H3. The molecule has 1 aliphatic rings. The number of Topliss-reactive ketones (excluding diaryl/α,β-unsaturated/α-hetero) is 1. The summed E-state index contributed by atoms with van der Waals surface area (Å²) in [5.41, 5.74) is 1.59. The van der Waals surface area contributed by atoms with Crippen molar-refractivity contribution in [1.29, 1.82) is 0 Å². The Bertz CT molecular complexity index is 969. The smallest absolute Gasteiger partial charge is 0.243 e. The quantitative estimate of drug-likeness (QED) is 0.603. The number of ketones is 1. The molecule has 0 amide bonds. The maximum atomic E-state index is 13.0. The number of hydrogen-bond acceptors (Lipinski definition) is 5. The summed E-state index contributed by atoms with van der Waals surface area (Å²) in [6.07, 6.45) is 1.74. The summed E-state index contributed by atoms with van der Waals surface area (Å²) in [6.45, 7) is 3.99. The first-order valence-corrected chi connectivity index (χ1v) is 12.3. The van der Waals surface area contributed by atoms with Gasteiger partial charge < -0.3 is 10.2 Å². The molecule has 6 nitrogen and oxygen atoms in total. The van der Waals surface area contributed by atoms with Crippen LogP contribution in [0.25, 0.3) is 0 Å². The van der Waals surface area contributed by atoms with E-state index in [0.29, 0.717) is 31.1 Å². The molecule has 1 atom stereocenters. The molecular weight excluding hydrogens is 410 g/mol. The number of hydrogen-bond donors (Lipinski definition) is 1. The highest BCUT2D eigenvalue weighted by atomic mass is 32.2. The van der Waals surface area contributed by atoms with Crippen LogP contribution in [0, 0.1) is 5.92 Å². The van der Waals surface area contributed by atoms with E-state index >= 15 is 0 Å². The molecule has 0 radical (unpaired) electrons. The zero-order valence-electron chi connectivity index (χ0n) is 18.6. The predicted molar refractivity (Wildman–Crippen MR) is 124 cm³/mol. The average molecular weight is 444 g/mol. The van der Waals surface area contributed by atoms with Crippen molar-refractivity contribution in [1.82, 2.24) is 14.5 Å². The molecule has 3 rings (SSSR count). The number of nitrogens with zero attached hydrogens (tertiary/aromatic N) is 2. The predicted octanol–water partition coefficient (Wildman–Crippen LogP) is 3.18. The van der Waals surface area contributed by atoms with Crippen LogP contribution in [-0.4, -0.2) is 63.7 Å². The Balaban J connectivity index is 1.63. The van der Waals surface area contributed by atoms with Gasteiger partial charge >= 0.3 is 0 Å². The molecule has 0 saturated carbocycles. The Morgan fingerprint density at radius 3 is 2.42 bits per heavy atom. The molecule has 1 unspecified atom stereocenters. The van der Waals surface area contributed by atoms with E-state index in [1.165, 1.54) is 15.9 Å². The minimum Gasteiger partial charge on any atom is -0.308 e. The van der Waals surface area contributed by atoms with Gasteiger partial charge in [-0.3, -0.25) is 4.79 Å². The van der Waals surface area contributed by atoms with Gasteiger partial charge in [-0.15, -0.1) is 0 Å². The van der Waals surface area contributed by atoms with Crippen LogP contribution in [0.5, 0.6) is 0 Å². The molecule has 0 bridgehead atoms. The lowest BCUT2D eigenvalue weighted by atomic mass is 10.0. The van der Waals surface area contributed by atoms with E-state index < -0.39 is 10.0 Å². The highest BCUT2D eigenvalue weighted by Crippen LogP contribution is 2.24. The largest absolute Gasteiger partial charge is 0.308 e. The molecular formula is C24H33N3O3S. The molecule has 0 spiro atoms. The minimum absolute atomic E-state index is 0.116. The van der Waals surface area contributed by atoms with Gasteiger partial charge in [-0.1, -0.05) is 49.4 Å². The van der Waals surface area contributed by atoms with E-state index in [1.54, 1.807) is 18.2 Å². The van der Waals surface area contributed by atoms with E-state index in [1.807, 2.05) is 32.3 Å². The van der Waals surface area contributed by atoms with Crippen molar-refractivity contribution in [2.24, 2.45) is 5.92 Å². The van der Waals surface area contributed by atoms with Gasteiger partial charge in [0.2, 0.25) is 10.0 Å². The Kier molecular flexibility index (Phi) is 8.00. The van der Waals surface area contributed by atoms with Crippen LogP contribution in [-0.2, 0) is 10.0 Å². The third-order valence-electron chi connectivity index (χ3n) is 5.97. The van der Waals surface area contributed by atoms with Crippen molar-refractivity contribution in [2.45, 2.75) is 30.7 Å². The normalized spacial score (nSPS) is 17.0. The van der Waals surface area contributed by atoms with Crippen molar-refractivity contribution in [3.05, 3.63) is 65.7 Å². The summed E-state index contributed by atoms with van der Waals surface area (Å²) in [5.74, 6) is 0.433. The fourth-order valence-corrected chi connectivity index (χ4v) is 5.42. The Morgan fingerprint density at radius 1 is 1.10 bits per heavy atom. The summed E-state index contributed by atoms with van der Waals surface area (Å²) in [5, 5.41) is 3.24. The van der Waals surface area contributed by atoms with Gasteiger partial charge in [0, 0.05) is 31.2 Å². The summed E-state index contributed by atoms with van der Waals surface area (Å²) in [4.78, 5) is 15.1. The number of rotatable bonds is 9. The molecule has 1 N–H and O–H groups in total. The van der Waals surface area contributed by atoms with Gasteiger partial charge in [-0.25, -0.2) is 8.42 Å². The Hall–Kier alpha value is -2.06. The molecule has 7 heteroatoms. The van der Waals surface area contributed by atoms with Crippen LogP contribution < -0.4 is 5.32 Å². The molecule has 0 aliphatic carbocycles. The van der Waals surface area contributed by atoms with Gasteiger partial charge in [0.25, 0.3) is 0 Å². The van der Waals surface area contributed by atoms with E-state index in [4.69, 9.17) is 0 Å². The SMILES string of the molecule is CC1CCN(S(=O)(=O)c2cccc(C(=O)CNCC(c3ccccc3)N(C)C)c2)CC1. The van der Waals surface area contributed by atoms with Crippen LogP contribution in [0.2, 0.25) is 0 Å². The van der Waals surface area contributed by atoms with E-state index in [9.17, 15) is 13.2 Å². The minimum atomic E-state index is -3.57. The van der Waals surface area contributed by atoms with Crippen molar-refractivity contribution < 1.29 is 13.2 Å². The van der Waals surface area contributed by atoms with Gasteiger partial charge in [-0.2, -0.15) is 4.31 Å². The molecule has 2 aromatic rings. The third kappa shape index (κ3) is 6.01. The topological polar surface area (TPSA) is 69.7 Å². The summed E-state index contributed by atoms with van der Waals surface area (Å²) >= 11 is 0. The van der Waals surface area contributed by atoms with Crippen LogP contribution >= 0.6 is 0 Å². The molecule has 2 aromatic carbocycles. The Labute approximate surface area is 186 Å². The molecule has 0 aromatic heterocycles. The molecule has 31 heavy (non-hydrogen) atoms. The second kappa shape index (κ2) is 10.5. The second-order valence-corrected chi connectivity index (χ2v) is 10.5.